The first kappa shape index (κ1) is 13.8. The van der Waals surface area contributed by atoms with Crippen molar-refractivity contribution in [2.45, 2.75) is 13.0 Å². The van der Waals surface area contributed by atoms with Crippen LogP contribution in [0.1, 0.15) is 17.2 Å². The van der Waals surface area contributed by atoms with Gasteiger partial charge in [0.2, 0.25) is 0 Å². The van der Waals surface area contributed by atoms with Gasteiger partial charge in [-0.05, 0) is 36.8 Å². The maximum Gasteiger partial charge on any atom is 0.137 e. The van der Waals surface area contributed by atoms with E-state index in [2.05, 4.69) is 0 Å². The summed E-state index contributed by atoms with van der Waals surface area (Å²) in [6.07, 6.45) is -0.349. The highest BCUT2D eigenvalue weighted by Crippen LogP contribution is 2.28. The first-order valence-electron chi connectivity index (χ1n) is 5.99. The smallest absolute Gasteiger partial charge is 0.137 e. The van der Waals surface area contributed by atoms with Crippen LogP contribution in [0.4, 0.5) is 4.39 Å². The van der Waals surface area contributed by atoms with Crippen LogP contribution in [-0.2, 0) is 0 Å². The van der Waals surface area contributed by atoms with Crippen molar-refractivity contribution in [3.63, 3.8) is 0 Å². The minimum Gasteiger partial charge on any atom is -0.484 e. The van der Waals surface area contributed by atoms with Crippen LogP contribution in [0, 0.1) is 12.7 Å². The molecule has 0 spiro atoms. The van der Waals surface area contributed by atoms with Gasteiger partial charge in [0.1, 0.15) is 17.7 Å². The van der Waals surface area contributed by atoms with Crippen molar-refractivity contribution in [1.29, 1.82) is 0 Å². The van der Waals surface area contributed by atoms with Crippen LogP contribution in [0.5, 0.6) is 5.75 Å². The zero-order chi connectivity index (χ0) is 13.8. The van der Waals surface area contributed by atoms with Crippen molar-refractivity contribution in [3.05, 3.63) is 64.4 Å². The number of rotatable bonds is 4. The van der Waals surface area contributed by atoms with Gasteiger partial charge in [0.15, 0.2) is 0 Å². The largest absolute Gasteiger partial charge is 0.484 e. The molecule has 100 valence electrons. The van der Waals surface area contributed by atoms with E-state index < -0.39 is 0 Å². The molecule has 2 rings (SSSR count). The highest BCUT2D eigenvalue weighted by atomic mass is 35.5. The molecule has 2 nitrogen and oxygen atoms in total. The summed E-state index contributed by atoms with van der Waals surface area (Å²) in [6.45, 7) is 2.08. The lowest BCUT2D eigenvalue weighted by Gasteiger charge is -2.20. The first-order valence-corrected chi connectivity index (χ1v) is 6.37. The van der Waals surface area contributed by atoms with E-state index in [1.165, 1.54) is 12.1 Å². The second-order valence-corrected chi connectivity index (χ2v) is 4.68. The molecule has 2 aromatic rings. The molecule has 19 heavy (non-hydrogen) atoms. The number of halogens is 2. The summed E-state index contributed by atoms with van der Waals surface area (Å²) < 4.78 is 18.9. The van der Waals surface area contributed by atoms with Gasteiger partial charge in [-0.1, -0.05) is 29.8 Å². The molecule has 1 unspecified atom stereocenters. The van der Waals surface area contributed by atoms with Crippen LogP contribution in [0.25, 0.3) is 0 Å². The summed E-state index contributed by atoms with van der Waals surface area (Å²) >= 11 is 6.13. The van der Waals surface area contributed by atoms with Crippen molar-refractivity contribution in [3.8, 4) is 5.75 Å². The van der Waals surface area contributed by atoms with Gasteiger partial charge in [0.25, 0.3) is 0 Å². The molecule has 0 heterocycles. The Kier molecular flexibility index (Phi) is 4.40. The van der Waals surface area contributed by atoms with Crippen LogP contribution in [0.2, 0.25) is 5.02 Å². The maximum atomic E-state index is 13.1. The third kappa shape index (κ3) is 3.25. The summed E-state index contributed by atoms with van der Waals surface area (Å²) in [5.41, 5.74) is 7.30. The predicted octanol–water partition coefficient (Wildman–Crippen LogP) is 3.87. The number of hydrogen-bond donors (Lipinski definition) is 1. The van der Waals surface area contributed by atoms with Crippen LogP contribution < -0.4 is 10.5 Å². The van der Waals surface area contributed by atoms with Gasteiger partial charge in [-0.25, -0.2) is 4.39 Å². The summed E-state index contributed by atoms with van der Waals surface area (Å²) in [6, 6.07) is 11.8. The van der Waals surface area contributed by atoms with E-state index in [-0.39, 0.29) is 11.9 Å². The fourth-order valence-electron chi connectivity index (χ4n) is 1.87. The van der Waals surface area contributed by atoms with Crippen LogP contribution >= 0.6 is 11.6 Å². The Morgan fingerprint density at radius 3 is 2.63 bits per heavy atom. The summed E-state index contributed by atoms with van der Waals surface area (Å²) in [4.78, 5) is 0. The molecule has 0 radical (unpaired) electrons. The summed E-state index contributed by atoms with van der Waals surface area (Å²) in [5, 5.41) is 0.609. The van der Waals surface area contributed by atoms with Gasteiger partial charge in [-0.15, -0.1) is 0 Å². The molecule has 2 aromatic carbocycles. The number of benzene rings is 2. The summed E-state index contributed by atoms with van der Waals surface area (Å²) in [7, 11) is 0. The van der Waals surface area contributed by atoms with Gasteiger partial charge in [-0.3, -0.25) is 0 Å². The molecule has 0 bridgehead atoms. The number of aryl methyl sites for hydroxylation is 1. The van der Waals surface area contributed by atoms with Crippen LogP contribution in [-0.4, -0.2) is 6.54 Å². The molecule has 0 amide bonds. The van der Waals surface area contributed by atoms with Gasteiger partial charge >= 0.3 is 0 Å². The van der Waals surface area contributed by atoms with Gasteiger partial charge in [-0.2, -0.15) is 0 Å². The van der Waals surface area contributed by atoms with Crippen molar-refractivity contribution in [2.24, 2.45) is 5.73 Å². The first-order chi connectivity index (χ1) is 9.11. The maximum absolute atomic E-state index is 13.1. The molecule has 0 fully saturated rings. The SMILES string of the molecule is Cc1cc(F)ccc1OC(CN)c1ccccc1Cl. The average Bonchev–Trinajstić information content (AvgIpc) is 2.39. The minimum atomic E-state index is -0.349. The average molecular weight is 280 g/mol. The quantitative estimate of drug-likeness (QED) is 0.922. The molecule has 0 aliphatic rings. The fourth-order valence-corrected chi connectivity index (χ4v) is 2.13. The van der Waals surface area contributed by atoms with Crippen molar-refractivity contribution in [1.82, 2.24) is 0 Å². The Balaban J connectivity index is 2.27. The van der Waals surface area contributed by atoms with Crippen molar-refractivity contribution < 1.29 is 9.13 Å². The highest BCUT2D eigenvalue weighted by molar-refractivity contribution is 6.31. The molecule has 0 saturated carbocycles. The van der Waals surface area contributed by atoms with Gasteiger partial charge in [0, 0.05) is 17.1 Å². The third-order valence-corrected chi connectivity index (χ3v) is 3.22. The zero-order valence-electron chi connectivity index (χ0n) is 10.6. The topological polar surface area (TPSA) is 35.2 Å². The monoisotopic (exact) mass is 279 g/mol. The van der Waals surface area contributed by atoms with Crippen LogP contribution in [0.15, 0.2) is 42.5 Å². The molecular formula is C15H15ClFNO. The Hall–Kier alpha value is -1.58. The van der Waals surface area contributed by atoms with Crippen LogP contribution in [0.3, 0.4) is 0 Å². The Bertz CT molecular complexity index is 574. The normalized spacial score (nSPS) is 12.2. The number of ether oxygens (including phenoxy) is 1. The molecule has 2 N–H and O–H groups in total. The van der Waals surface area contributed by atoms with E-state index in [4.69, 9.17) is 22.1 Å². The van der Waals surface area contributed by atoms with E-state index in [0.717, 1.165) is 11.1 Å². The lowest BCUT2D eigenvalue weighted by atomic mass is 10.1. The van der Waals surface area contributed by atoms with E-state index in [1.807, 2.05) is 18.2 Å². The third-order valence-electron chi connectivity index (χ3n) is 2.87. The summed E-state index contributed by atoms with van der Waals surface area (Å²) in [5.74, 6) is 0.323. The molecule has 0 saturated heterocycles. The zero-order valence-corrected chi connectivity index (χ0v) is 11.3. The second-order valence-electron chi connectivity index (χ2n) is 4.27. The van der Waals surface area contributed by atoms with Gasteiger partial charge < -0.3 is 10.5 Å². The van der Waals surface area contributed by atoms with Gasteiger partial charge in [0.05, 0.1) is 0 Å². The number of nitrogens with two attached hydrogens (primary N) is 1. The van der Waals surface area contributed by atoms with E-state index in [0.29, 0.717) is 17.3 Å². The molecular weight excluding hydrogens is 265 g/mol. The molecule has 1 atom stereocenters. The highest BCUT2D eigenvalue weighted by Gasteiger charge is 2.15. The molecule has 0 aliphatic heterocycles. The Morgan fingerprint density at radius 1 is 1.26 bits per heavy atom. The molecule has 0 aromatic heterocycles. The lowest BCUT2D eigenvalue weighted by molar-refractivity contribution is 0.212. The number of hydrogen-bond acceptors (Lipinski definition) is 2. The molecule has 4 heteroatoms. The standard InChI is InChI=1S/C15H15ClFNO/c1-10-8-11(17)6-7-14(10)19-15(9-18)12-4-2-3-5-13(12)16/h2-8,15H,9,18H2,1H3. The fraction of sp³-hybridized carbons (Fsp3) is 0.200. The van der Waals surface area contributed by atoms with E-state index >= 15 is 0 Å². The van der Waals surface area contributed by atoms with E-state index in [1.54, 1.807) is 19.1 Å². The minimum absolute atomic E-state index is 0.285. The lowest BCUT2D eigenvalue weighted by Crippen LogP contribution is -2.19. The van der Waals surface area contributed by atoms with Crippen molar-refractivity contribution >= 4 is 11.6 Å². The second kappa shape index (κ2) is 6.04. The Morgan fingerprint density at radius 2 is 2.00 bits per heavy atom. The predicted molar refractivity (Wildman–Crippen MR) is 75.0 cm³/mol. The van der Waals surface area contributed by atoms with Crippen molar-refractivity contribution in [2.75, 3.05) is 6.54 Å². The molecule has 0 aliphatic carbocycles. The van der Waals surface area contributed by atoms with E-state index in [9.17, 15) is 4.39 Å². The Labute approximate surface area is 117 Å².